The highest BCUT2D eigenvalue weighted by Gasteiger charge is 2.45. The number of hydrogen-bond donors (Lipinski definition) is 2. The Bertz CT molecular complexity index is 1170. The predicted octanol–water partition coefficient (Wildman–Crippen LogP) is 1.68. The van der Waals surface area contributed by atoms with Gasteiger partial charge >= 0.3 is 5.97 Å². The Kier molecular flexibility index (Phi) is 7.96. The van der Waals surface area contributed by atoms with Gasteiger partial charge in [-0.3, -0.25) is 9.59 Å². The number of carbonyl (C=O) groups is 2. The molecule has 3 atom stereocenters. The molecule has 1 fully saturated rings. The number of ether oxygens (including phenoxy) is 2. The Morgan fingerprint density at radius 1 is 1.18 bits per heavy atom. The van der Waals surface area contributed by atoms with Crippen molar-refractivity contribution in [2.75, 3.05) is 13.7 Å². The molecule has 1 amide bonds. The molecule has 184 valence electrons. The van der Waals surface area contributed by atoms with Crippen LogP contribution >= 0.6 is 0 Å². The van der Waals surface area contributed by atoms with Gasteiger partial charge in [-0.2, -0.15) is 4.31 Å². The number of para-hydroxylation sites is 1. The third kappa shape index (κ3) is 5.57. The lowest BCUT2D eigenvalue weighted by molar-refractivity contribution is -0.158. The number of nitrogens with one attached hydrogen (secondary N) is 1. The Hall–Kier alpha value is -2.95. The Labute approximate surface area is 199 Å². The summed E-state index contributed by atoms with van der Waals surface area (Å²) in [6.45, 7) is 5.00. The van der Waals surface area contributed by atoms with Gasteiger partial charge in [-0.1, -0.05) is 24.3 Å². The van der Waals surface area contributed by atoms with Crippen LogP contribution in [0.4, 0.5) is 0 Å². The molecule has 1 heterocycles. The second-order valence-corrected chi connectivity index (χ2v) is 10.2. The van der Waals surface area contributed by atoms with Crippen molar-refractivity contribution in [3.05, 3.63) is 59.2 Å². The van der Waals surface area contributed by atoms with Crippen LogP contribution in [0.5, 0.6) is 5.75 Å². The van der Waals surface area contributed by atoms with Gasteiger partial charge in [-0.05, 0) is 50.1 Å². The number of aliphatic hydroxyl groups is 1. The molecule has 2 aromatic carbocycles. The molecule has 3 rings (SSSR count). The molecule has 2 N–H and O–H groups in total. The third-order valence-corrected chi connectivity index (χ3v) is 7.77. The molecule has 1 saturated heterocycles. The van der Waals surface area contributed by atoms with Crippen molar-refractivity contribution in [1.29, 1.82) is 0 Å². The highest BCUT2D eigenvalue weighted by Crippen LogP contribution is 2.28. The normalized spacial score (nSPS) is 19.4. The molecule has 10 heteroatoms. The van der Waals surface area contributed by atoms with Crippen LogP contribution in [0.25, 0.3) is 0 Å². The number of rotatable bonds is 8. The standard InChI is InChI=1S/C24H30N2O7S/c1-15-9-10-20(11-16(15)2)34(30,31)26-14-19(27)12-21(26)24(29)33-17(3)23(28)25-13-18-7-5-6-8-22(18)32-4/h5-11,17,19,21,27H,12-14H2,1-4H3,(H,25,28)/t17?,19?,21-/m0/s1. The topological polar surface area (TPSA) is 122 Å². The maximum absolute atomic E-state index is 13.2. The zero-order valence-corrected chi connectivity index (χ0v) is 20.5. The fourth-order valence-electron chi connectivity index (χ4n) is 3.76. The molecular weight excluding hydrogens is 460 g/mol. The SMILES string of the molecule is COc1ccccc1CNC(=O)C(C)OC(=O)[C@@H]1CC(O)CN1S(=O)(=O)c1ccc(C)c(C)c1. The van der Waals surface area contributed by atoms with E-state index in [0.29, 0.717) is 5.75 Å². The van der Waals surface area contributed by atoms with Crippen molar-refractivity contribution >= 4 is 21.9 Å². The molecule has 9 nitrogen and oxygen atoms in total. The number of benzene rings is 2. The number of methoxy groups -OCH3 is 1. The van der Waals surface area contributed by atoms with E-state index in [1.807, 2.05) is 19.1 Å². The second kappa shape index (κ2) is 10.5. The van der Waals surface area contributed by atoms with Gasteiger partial charge < -0.3 is 19.9 Å². The number of aryl methyl sites for hydroxylation is 2. The summed E-state index contributed by atoms with van der Waals surface area (Å²) < 4.78 is 37.9. The summed E-state index contributed by atoms with van der Waals surface area (Å²) in [5, 5.41) is 12.8. The smallest absolute Gasteiger partial charge is 0.325 e. The molecule has 2 aromatic rings. The lowest BCUT2D eigenvalue weighted by atomic mass is 10.1. The fraction of sp³-hybridized carbons (Fsp3) is 0.417. The van der Waals surface area contributed by atoms with Crippen LogP contribution in [0.3, 0.4) is 0 Å². The number of sulfonamides is 1. The van der Waals surface area contributed by atoms with E-state index in [2.05, 4.69) is 5.32 Å². The molecule has 0 radical (unpaired) electrons. The zero-order valence-electron chi connectivity index (χ0n) is 19.6. The van der Waals surface area contributed by atoms with Gasteiger partial charge in [0.05, 0.1) is 18.1 Å². The van der Waals surface area contributed by atoms with E-state index in [1.54, 1.807) is 25.1 Å². The summed E-state index contributed by atoms with van der Waals surface area (Å²) in [4.78, 5) is 25.4. The Morgan fingerprint density at radius 2 is 1.88 bits per heavy atom. The van der Waals surface area contributed by atoms with Crippen LogP contribution in [0.1, 0.15) is 30.0 Å². The van der Waals surface area contributed by atoms with Gasteiger partial charge in [-0.25, -0.2) is 8.42 Å². The highest BCUT2D eigenvalue weighted by atomic mass is 32.2. The van der Waals surface area contributed by atoms with Gasteiger partial charge in [0.2, 0.25) is 10.0 Å². The van der Waals surface area contributed by atoms with Crippen LogP contribution in [0, 0.1) is 13.8 Å². The maximum atomic E-state index is 13.2. The molecule has 0 spiro atoms. The summed E-state index contributed by atoms with van der Waals surface area (Å²) in [5.41, 5.74) is 2.48. The summed E-state index contributed by atoms with van der Waals surface area (Å²) in [7, 11) is -2.53. The molecular formula is C24H30N2O7S. The monoisotopic (exact) mass is 490 g/mol. The minimum atomic E-state index is -4.06. The van der Waals surface area contributed by atoms with Crippen LogP contribution in [-0.2, 0) is 30.9 Å². The molecule has 0 aromatic heterocycles. The average Bonchev–Trinajstić information content (AvgIpc) is 3.22. The number of nitrogens with zero attached hydrogens (tertiary/aromatic N) is 1. The van der Waals surface area contributed by atoms with Crippen molar-refractivity contribution in [3.8, 4) is 5.75 Å². The Balaban J connectivity index is 1.68. The minimum Gasteiger partial charge on any atom is -0.496 e. The van der Waals surface area contributed by atoms with E-state index in [0.717, 1.165) is 21.0 Å². The van der Waals surface area contributed by atoms with Gasteiger partial charge in [0.1, 0.15) is 11.8 Å². The first kappa shape index (κ1) is 25.7. The molecule has 0 bridgehead atoms. The lowest BCUT2D eigenvalue weighted by Crippen LogP contribution is -2.44. The quantitative estimate of drug-likeness (QED) is 0.540. The van der Waals surface area contributed by atoms with Crippen molar-refractivity contribution in [2.24, 2.45) is 0 Å². The van der Waals surface area contributed by atoms with Crippen molar-refractivity contribution < 1.29 is 32.6 Å². The van der Waals surface area contributed by atoms with Crippen LogP contribution in [0.2, 0.25) is 0 Å². The zero-order chi connectivity index (χ0) is 25.0. The molecule has 34 heavy (non-hydrogen) atoms. The van der Waals surface area contributed by atoms with Gasteiger partial charge in [-0.15, -0.1) is 0 Å². The third-order valence-electron chi connectivity index (χ3n) is 5.90. The summed E-state index contributed by atoms with van der Waals surface area (Å²) in [5.74, 6) is -0.815. The number of esters is 1. The second-order valence-electron chi connectivity index (χ2n) is 8.33. The van der Waals surface area contributed by atoms with E-state index in [4.69, 9.17) is 9.47 Å². The Morgan fingerprint density at radius 3 is 2.56 bits per heavy atom. The maximum Gasteiger partial charge on any atom is 0.325 e. The molecule has 1 aliphatic rings. The molecule has 0 saturated carbocycles. The number of amides is 1. The highest BCUT2D eigenvalue weighted by molar-refractivity contribution is 7.89. The lowest BCUT2D eigenvalue weighted by Gasteiger charge is -2.24. The molecule has 0 aliphatic carbocycles. The average molecular weight is 491 g/mol. The van der Waals surface area contributed by atoms with Crippen molar-refractivity contribution in [2.45, 2.75) is 56.9 Å². The molecule has 2 unspecified atom stereocenters. The summed E-state index contributed by atoms with van der Waals surface area (Å²) in [6, 6.07) is 10.6. The van der Waals surface area contributed by atoms with E-state index in [9.17, 15) is 23.1 Å². The largest absolute Gasteiger partial charge is 0.496 e. The first-order valence-electron chi connectivity index (χ1n) is 10.9. The van der Waals surface area contributed by atoms with E-state index in [-0.39, 0.29) is 24.4 Å². The van der Waals surface area contributed by atoms with Gasteiger partial charge in [0.25, 0.3) is 5.91 Å². The van der Waals surface area contributed by atoms with Gasteiger partial charge in [0, 0.05) is 25.1 Å². The summed E-state index contributed by atoms with van der Waals surface area (Å²) in [6.07, 6.45) is -2.29. The van der Waals surface area contributed by atoms with E-state index < -0.39 is 40.1 Å². The number of aliphatic hydroxyl groups excluding tert-OH is 1. The first-order chi connectivity index (χ1) is 16.0. The summed E-state index contributed by atoms with van der Waals surface area (Å²) >= 11 is 0. The fourth-order valence-corrected chi connectivity index (χ4v) is 5.47. The van der Waals surface area contributed by atoms with Crippen LogP contribution < -0.4 is 10.1 Å². The minimum absolute atomic E-state index is 0.0325. The van der Waals surface area contributed by atoms with Crippen LogP contribution in [0.15, 0.2) is 47.4 Å². The number of carbonyl (C=O) groups excluding carboxylic acids is 2. The van der Waals surface area contributed by atoms with Crippen LogP contribution in [-0.4, -0.2) is 61.6 Å². The predicted molar refractivity (Wildman–Crippen MR) is 125 cm³/mol. The van der Waals surface area contributed by atoms with Gasteiger partial charge in [0.15, 0.2) is 6.10 Å². The van der Waals surface area contributed by atoms with E-state index in [1.165, 1.54) is 26.2 Å². The first-order valence-corrected chi connectivity index (χ1v) is 12.4. The van der Waals surface area contributed by atoms with E-state index >= 15 is 0 Å². The van der Waals surface area contributed by atoms with Crippen molar-refractivity contribution in [1.82, 2.24) is 9.62 Å². The van der Waals surface area contributed by atoms with Crippen molar-refractivity contribution in [3.63, 3.8) is 0 Å². The molecule has 1 aliphatic heterocycles. The number of hydrogen-bond acceptors (Lipinski definition) is 7. The number of β-amino-alcohol motifs (C(OH)–C–C–N with tert-alkyl or cyclic N) is 1.